The van der Waals surface area contributed by atoms with Crippen molar-refractivity contribution in [2.75, 3.05) is 6.54 Å². The van der Waals surface area contributed by atoms with Gasteiger partial charge in [-0.3, -0.25) is 9.69 Å². The van der Waals surface area contributed by atoms with Crippen LogP contribution >= 0.6 is 39.0 Å². The number of thioether (sulfide) groups is 1. The van der Waals surface area contributed by atoms with Crippen molar-refractivity contribution in [3.8, 4) is 0 Å². The molecule has 1 aliphatic heterocycles. The van der Waals surface area contributed by atoms with Gasteiger partial charge in [0.05, 0.1) is 4.91 Å². The zero-order valence-corrected chi connectivity index (χ0v) is 15.2. The molecule has 118 valence electrons. The topological polar surface area (TPSA) is 71.6 Å². The van der Waals surface area contributed by atoms with Crippen LogP contribution in [0.15, 0.2) is 43.8 Å². The number of nitrogens with zero attached hydrogens (tertiary/aromatic N) is 4. The van der Waals surface area contributed by atoms with Crippen LogP contribution in [0.2, 0.25) is 0 Å². The summed E-state index contributed by atoms with van der Waals surface area (Å²) < 4.78 is 6.03. The molecule has 1 saturated heterocycles. The first-order valence-corrected chi connectivity index (χ1v) is 8.96. The standard InChI is InChI=1S/C14H11BrN4O2S2/c1-3-6-19-12(20)10(7-9-4-5-11(15)21-9)23-14(19)16-13-18-17-8(2)22-13/h3-5,7H,1,6H2,2H3/b10-7+,16-14+. The number of carbonyl (C=O) groups is 1. The summed E-state index contributed by atoms with van der Waals surface area (Å²) in [6.07, 6.45) is 3.35. The minimum atomic E-state index is -0.137. The molecule has 23 heavy (non-hydrogen) atoms. The SMILES string of the molecule is C=CCN1C(=O)/C(=C\c2ccc(Br)o2)S/C1=N/c1nnc(C)s1. The summed E-state index contributed by atoms with van der Waals surface area (Å²) in [7, 11) is 0. The van der Waals surface area contributed by atoms with Crippen molar-refractivity contribution < 1.29 is 9.21 Å². The Labute approximate surface area is 149 Å². The van der Waals surface area contributed by atoms with Crippen molar-refractivity contribution in [1.82, 2.24) is 15.1 Å². The lowest BCUT2D eigenvalue weighted by Gasteiger charge is -2.11. The van der Waals surface area contributed by atoms with Crippen LogP contribution in [-0.4, -0.2) is 32.7 Å². The number of furan rings is 1. The van der Waals surface area contributed by atoms with E-state index >= 15 is 0 Å². The van der Waals surface area contributed by atoms with Crippen LogP contribution in [0.5, 0.6) is 0 Å². The third-order valence-electron chi connectivity index (χ3n) is 2.77. The summed E-state index contributed by atoms with van der Waals surface area (Å²) in [6, 6.07) is 3.56. The van der Waals surface area contributed by atoms with Gasteiger partial charge in [-0.05, 0) is 46.7 Å². The quantitative estimate of drug-likeness (QED) is 0.562. The number of aromatic nitrogens is 2. The Balaban J connectivity index is 1.93. The van der Waals surface area contributed by atoms with Crippen molar-refractivity contribution in [3.63, 3.8) is 0 Å². The molecule has 1 aliphatic rings. The molecule has 0 N–H and O–H groups in total. The number of halogens is 1. The lowest BCUT2D eigenvalue weighted by atomic mass is 10.3. The number of amides is 1. The smallest absolute Gasteiger partial charge is 0.267 e. The number of hydrogen-bond acceptors (Lipinski definition) is 7. The lowest BCUT2D eigenvalue weighted by Crippen LogP contribution is -2.29. The highest BCUT2D eigenvalue weighted by Crippen LogP contribution is 2.35. The minimum Gasteiger partial charge on any atom is -0.450 e. The Kier molecular flexibility index (Phi) is 4.79. The van der Waals surface area contributed by atoms with E-state index in [9.17, 15) is 4.79 Å². The number of amidine groups is 1. The van der Waals surface area contributed by atoms with Gasteiger partial charge >= 0.3 is 0 Å². The van der Waals surface area contributed by atoms with Gasteiger partial charge in [0.2, 0.25) is 5.13 Å². The second kappa shape index (κ2) is 6.81. The van der Waals surface area contributed by atoms with Gasteiger partial charge in [0.15, 0.2) is 9.84 Å². The van der Waals surface area contributed by atoms with Crippen molar-refractivity contribution in [2.24, 2.45) is 4.99 Å². The zero-order valence-electron chi connectivity index (χ0n) is 12.0. The fraction of sp³-hybridized carbons (Fsp3) is 0.143. The largest absolute Gasteiger partial charge is 0.450 e. The molecule has 3 heterocycles. The monoisotopic (exact) mass is 410 g/mol. The Morgan fingerprint density at radius 3 is 2.91 bits per heavy atom. The second-order valence-corrected chi connectivity index (χ2v) is 7.41. The molecule has 0 aliphatic carbocycles. The van der Waals surface area contributed by atoms with Crippen LogP contribution in [-0.2, 0) is 4.79 Å². The minimum absolute atomic E-state index is 0.137. The van der Waals surface area contributed by atoms with E-state index in [0.29, 0.717) is 32.2 Å². The fourth-order valence-electron chi connectivity index (χ4n) is 1.83. The Morgan fingerprint density at radius 1 is 1.48 bits per heavy atom. The van der Waals surface area contributed by atoms with E-state index in [1.807, 2.05) is 6.92 Å². The van der Waals surface area contributed by atoms with Gasteiger partial charge in [0.1, 0.15) is 10.8 Å². The van der Waals surface area contributed by atoms with Crippen molar-refractivity contribution in [1.29, 1.82) is 0 Å². The maximum Gasteiger partial charge on any atom is 0.267 e. The van der Waals surface area contributed by atoms with Crippen LogP contribution in [0.3, 0.4) is 0 Å². The van der Waals surface area contributed by atoms with E-state index in [1.165, 1.54) is 23.1 Å². The van der Waals surface area contributed by atoms with Crippen LogP contribution in [0.25, 0.3) is 6.08 Å². The molecule has 1 fully saturated rings. The molecule has 0 bridgehead atoms. The van der Waals surface area contributed by atoms with E-state index in [2.05, 4.69) is 37.7 Å². The van der Waals surface area contributed by atoms with Crippen molar-refractivity contribution in [2.45, 2.75) is 6.92 Å². The summed E-state index contributed by atoms with van der Waals surface area (Å²) in [5, 5.41) is 9.81. The predicted octanol–water partition coefficient (Wildman–Crippen LogP) is 3.99. The number of rotatable bonds is 4. The van der Waals surface area contributed by atoms with E-state index in [-0.39, 0.29) is 5.91 Å². The molecule has 0 atom stereocenters. The van der Waals surface area contributed by atoms with Gasteiger partial charge in [0.25, 0.3) is 5.91 Å². The highest BCUT2D eigenvalue weighted by atomic mass is 79.9. The summed E-state index contributed by atoms with van der Waals surface area (Å²) >= 11 is 5.89. The highest BCUT2D eigenvalue weighted by molar-refractivity contribution is 9.10. The van der Waals surface area contributed by atoms with E-state index in [4.69, 9.17) is 4.42 Å². The van der Waals surface area contributed by atoms with E-state index < -0.39 is 0 Å². The number of aryl methyl sites for hydroxylation is 1. The maximum atomic E-state index is 12.5. The lowest BCUT2D eigenvalue weighted by molar-refractivity contribution is -0.121. The van der Waals surface area contributed by atoms with Gasteiger partial charge in [-0.1, -0.05) is 17.4 Å². The molecule has 0 saturated carbocycles. The van der Waals surface area contributed by atoms with Crippen molar-refractivity contribution >= 4 is 61.3 Å². The number of carbonyl (C=O) groups excluding carboxylic acids is 1. The average molecular weight is 411 g/mol. The van der Waals surface area contributed by atoms with Gasteiger partial charge < -0.3 is 4.42 Å². The first kappa shape index (κ1) is 16.2. The molecule has 1 amide bonds. The Bertz CT molecular complexity index is 824. The molecular weight excluding hydrogens is 400 g/mol. The predicted molar refractivity (Wildman–Crippen MR) is 95.6 cm³/mol. The van der Waals surface area contributed by atoms with Gasteiger partial charge in [0, 0.05) is 12.6 Å². The van der Waals surface area contributed by atoms with Gasteiger partial charge in [-0.15, -0.1) is 16.8 Å². The third-order valence-corrected chi connectivity index (χ3v) is 4.94. The van der Waals surface area contributed by atoms with Crippen LogP contribution in [0.4, 0.5) is 5.13 Å². The Morgan fingerprint density at radius 2 is 2.30 bits per heavy atom. The fourth-order valence-corrected chi connectivity index (χ4v) is 3.74. The third kappa shape index (κ3) is 3.62. The van der Waals surface area contributed by atoms with Crippen molar-refractivity contribution in [3.05, 3.63) is 45.1 Å². The van der Waals surface area contributed by atoms with Crippen LogP contribution in [0.1, 0.15) is 10.8 Å². The molecule has 6 nitrogen and oxygen atoms in total. The summed E-state index contributed by atoms with van der Waals surface area (Å²) in [4.78, 5) is 19.1. The first-order valence-electron chi connectivity index (χ1n) is 6.53. The highest BCUT2D eigenvalue weighted by Gasteiger charge is 2.33. The second-order valence-electron chi connectivity index (χ2n) is 4.45. The van der Waals surface area contributed by atoms with Gasteiger partial charge in [-0.25, -0.2) is 0 Å². The number of aliphatic imine (C=N–C) groups is 1. The normalized spacial score (nSPS) is 18.3. The average Bonchev–Trinajstić information content (AvgIpc) is 3.17. The van der Waals surface area contributed by atoms with E-state index in [0.717, 1.165) is 5.01 Å². The maximum absolute atomic E-state index is 12.5. The molecule has 0 aromatic carbocycles. The number of hydrogen-bond donors (Lipinski definition) is 0. The van der Waals surface area contributed by atoms with Crippen LogP contribution in [0, 0.1) is 6.92 Å². The molecule has 9 heteroatoms. The summed E-state index contributed by atoms with van der Waals surface area (Å²) in [5.41, 5.74) is 0. The first-order chi connectivity index (χ1) is 11.1. The molecule has 2 aromatic rings. The zero-order chi connectivity index (χ0) is 16.4. The summed E-state index contributed by atoms with van der Waals surface area (Å²) in [6.45, 7) is 5.92. The Hall–Kier alpha value is -1.71. The van der Waals surface area contributed by atoms with E-state index in [1.54, 1.807) is 29.2 Å². The van der Waals surface area contributed by atoms with Crippen LogP contribution < -0.4 is 0 Å². The molecular formula is C14H11BrN4O2S2. The molecule has 0 radical (unpaired) electrons. The molecule has 2 aromatic heterocycles. The summed E-state index contributed by atoms with van der Waals surface area (Å²) in [5.74, 6) is 0.460. The molecule has 0 spiro atoms. The molecule has 0 unspecified atom stereocenters. The van der Waals surface area contributed by atoms with Gasteiger partial charge in [-0.2, -0.15) is 4.99 Å². The molecule has 3 rings (SSSR count).